The van der Waals surface area contributed by atoms with Gasteiger partial charge >= 0.3 is 0 Å². The van der Waals surface area contributed by atoms with Gasteiger partial charge in [-0.05, 0) is 38.6 Å². The van der Waals surface area contributed by atoms with Gasteiger partial charge in [0.05, 0.1) is 5.69 Å². The Labute approximate surface area is 80.6 Å². The van der Waals surface area contributed by atoms with Crippen LogP contribution >= 0.6 is 0 Å². The van der Waals surface area contributed by atoms with Gasteiger partial charge in [-0.3, -0.25) is 4.98 Å². The van der Waals surface area contributed by atoms with Crippen LogP contribution in [0.1, 0.15) is 24.6 Å². The van der Waals surface area contributed by atoms with Crippen LogP contribution in [0.15, 0.2) is 18.3 Å². The van der Waals surface area contributed by atoms with Crippen LogP contribution in [0.3, 0.4) is 0 Å². The number of aromatic nitrogens is 1. The molecule has 0 N–H and O–H groups in total. The Kier molecular flexibility index (Phi) is 3.90. The molecule has 0 radical (unpaired) electrons. The summed E-state index contributed by atoms with van der Waals surface area (Å²) >= 11 is 0. The van der Waals surface area contributed by atoms with Gasteiger partial charge in [0.15, 0.2) is 0 Å². The Morgan fingerprint density at radius 3 is 2.69 bits per heavy atom. The summed E-state index contributed by atoms with van der Waals surface area (Å²) < 4.78 is 0. The van der Waals surface area contributed by atoms with Crippen LogP contribution in [0.2, 0.25) is 0 Å². The Bertz CT molecular complexity index is 241. The monoisotopic (exact) mass is 178 g/mol. The van der Waals surface area contributed by atoms with Crippen LogP contribution in [0.5, 0.6) is 0 Å². The lowest BCUT2D eigenvalue weighted by molar-refractivity contribution is 0.323. The highest BCUT2D eigenvalue weighted by atomic mass is 15.1. The van der Waals surface area contributed by atoms with Crippen LogP contribution < -0.4 is 0 Å². The highest BCUT2D eigenvalue weighted by Gasteiger charge is 1.98. The molecule has 0 saturated carbocycles. The third-order valence-electron chi connectivity index (χ3n) is 2.01. The molecule has 1 rings (SSSR count). The zero-order chi connectivity index (χ0) is 9.68. The molecule has 13 heavy (non-hydrogen) atoms. The zero-order valence-electron chi connectivity index (χ0n) is 8.75. The molecule has 0 aliphatic carbocycles. The van der Waals surface area contributed by atoms with Gasteiger partial charge in [0.2, 0.25) is 0 Å². The second-order valence-electron chi connectivity index (χ2n) is 3.56. The van der Waals surface area contributed by atoms with Crippen LogP contribution in [0.25, 0.3) is 0 Å². The van der Waals surface area contributed by atoms with Gasteiger partial charge < -0.3 is 4.90 Å². The highest BCUT2D eigenvalue weighted by molar-refractivity contribution is 5.11. The van der Waals surface area contributed by atoms with Gasteiger partial charge in [-0.25, -0.2) is 0 Å². The van der Waals surface area contributed by atoms with E-state index in [1.54, 1.807) is 0 Å². The molecule has 0 amide bonds. The summed E-state index contributed by atoms with van der Waals surface area (Å²) in [5.74, 6) is 0. The van der Waals surface area contributed by atoms with E-state index in [0.29, 0.717) is 0 Å². The predicted octanol–water partition coefficient (Wildman–Crippen LogP) is 2.23. The first kappa shape index (κ1) is 10.2. The molecule has 0 saturated heterocycles. The van der Waals surface area contributed by atoms with Crippen molar-refractivity contribution in [1.29, 1.82) is 0 Å². The Balaban J connectivity index is 2.49. The van der Waals surface area contributed by atoms with E-state index < -0.39 is 0 Å². The number of pyridine rings is 1. The minimum atomic E-state index is 0.952. The van der Waals surface area contributed by atoms with E-state index in [-0.39, 0.29) is 0 Å². The van der Waals surface area contributed by atoms with Crippen molar-refractivity contribution >= 4 is 0 Å². The first-order valence-electron chi connectivity index (χ1n) is 4.82. The fourth-order valence-corrected chi connectivity index (χ4v) is 1.33. The second kappa shape index (κ2) is 4.97. The van der Waals surface area contributed by atoms with E-state index in [0.717, 1.165) is 18.8 Å². The molecule has 0 atom stereocenters. The third-order valence-corrected chi connectivity index (χ3v) is 2.01. The average molecular weight is 178 g/mol. The summed E-state index contributed by atoms with van der Waals surface area (Å²) in [5.41, 5.74) is 2.38. The van der Waals surface area contributed by atoms with Gasteiger partial charge in [0.1, 0.15) is 0 Å². The molecule has 0 aliphatic heterocycles. The molecule has 2 nitrogen and oxygen atoms in total. The molecular formula is C11H18N2. The minimum absolute atomic E-state index is 0.952. The molecule has 0 spiro atoms. The molecule has 0 unspecified atom stereocenters. The molecule has 1 aromatic rings. The van der Waals surface area contributed by atoms with Crippen molar-refractivity contribution < 1.29 is 0 Å². The van der Waals surface area contributed by atoms with Crippen LogP contribution in [-0.4, -0.2) is 23.5 Å². The Morgan fingerprint density at radius 2 is 2.15 bits per heavy atom. The van der Waals surface area contributed by atoms with Crippen LogP contribution in [0, 0.1) is 6.92 Å². The van der Waals surface area contributed by atoms with Crippen molar-refractivity contribution in [1.82, 2.24) is 9.88 Å². The van der Waals surface area contributed by atoms with Gasteiger partial charge in [-0.15, -0.1) is 0 Å². The van der Waals surface area contributed by atoms with E-state index in [9.17, 15) is 0 Å². The van der Waals surface area contributed by atoms with E-state index in [1.807, 2.05) is 6.20 Å². The van der Waals surface area contributed by atoms with E-state index in [1.165, 1.54) is 12.0 Å². The topological polar surface area (TPSA) is 16.1 Å². The molecule has 1 aromatic heterocycles. The van der Waals surface area contributed by atoms with Crippen molar-refractivity contribution in [3.05, 3.63) is 29.6 Å². The summed E-state index contributed by atoms with van der Waals surface area (Å²) in [4.78, 5) is 6.65. The first-order chi connectivity index (χ1) is 6.22. The summed E-state index contributed by atoms with van der Waals surface area (Å²) in [7, 11) is 2.13. The fourth-order valence-electron chi connectivity index (χ4n) is 1.33. The third kappa shape index (κ3) is 3.55. The van der Waals surface area contributed by atoms with Gasteiger partial charge in [0, 0.05) is 12.7 Å². The predicted molar refractivity (Wildman–Crippen MR) is 55.6 cm³/mol. The SMILES string of the molecule is CCCN(C)Cc1ccc(C)cn1. The van der Waals surface area contributed by atoms with E-state index in [4.69, 9.17) is 0 Å². The molecular weight excluding hydrogens is 160 g/mol. The lowest BCUT2D eigenvalue weighted by Crippen LogP contribution is -2.19. The summed E-state index contributed by atoms with van der Waals surface area (Å²) in [6.45, 7) is 6.34. The van der Waals surface area contributed by atoms with Crippen LogP contribution in [0.4, 0.5) is 0 Å². The van der Waals surface area contributed by atoms with Gasteiger partial charge in [-0.2, -0.15) is 0 Å². The second-order valence-corrected chi connectivity index (χ2v) is 3.56. The van der Waals surface area contributed by atoms with Crippen molar-refractivity contribution in [3.63, 3.8) is 0 Å². The number of hydrogen-bond acceptors (Lipinski definition) is 2. The first-order valence-corrected chi connectivity index (χ1v) is 4.82. The highest BCUT2D eigenvalue weighted by Crippen LogP contribution is 2.01. The smallest absolute Gasteiger partial charge is 0.0544 e. The number of hydrogen-bond donors (Lipinski definition) is 0. The Morgan fingerprint density at radius 1 is 1.38 bits per heavy atom. The largest absolute Gasteiger partial charge is 0.301 e. The maximum Gasteiger partial charge on any atom is 0.0544 e. The maximum atomic E-state index is 4.36. The quantitative estimate of drug-likeness (QED) is 0.703. The van der Waals surface area contributed by atoms with Crippen molar-refractivity contribution in [2.75, 3.05) is 13.6 Å². The van der Waals surface area contributed by atoms with E-state index >= 15 is 0 Å². The fraction of sp³-hybridized carbons (Fsp3) is 0.545. The van der Waals surface area contributed by atoms with Crippen molar-refractivity contribution in [3.8, 4) is 0 Å². The standard InChI is InChI=1S/C11H18N2/c1-4-7-13(3)9-11-6-5-10(2)8-12-11/h5-6,8H,4,7,9H2,1-3H3. The van der Waals surface area contributed by atoms with Gasteiger partial charge in [-0.1, -0.05) is 13.0 Å². The molecule has 2 heteroatoms. The van der Waals surface area contributed by atoms with E-state index in [2.05, 4.69) is 42.9 Å². The van der Waals surface area contributed by atoms with Crippen molar-refractivity contribution in [2.24, 2.45) is 0 Å². The maximum absolute atomic E-state index is 4.36. The van der Waals surface area contributed by atoms with Gasteiger partial charge in [0.25, 0.3) is 0 Å². The number of aryl methyl sites for hydroxylation is 1. The number of rotatable bonds is 4. The number of nitrogens with zero attached hydrogens (tertiary/aromatic N) is 2. The normalized spacial score (nSPS) is 10.8. The molecule has 72 valence electrons. The zero-order valence-corrected chi connectivity index (χ0v) is 8.75. The summed E-state index contributed by atoms with van der Waals surface area (Å²) in [5, 5.41) is 0. The molecule has 0 fully saturated rings. The van der Waals surface area contributed by atoms with Crippen molar-refractivity contribution in [2.45, 2.75) is 26.8 Å². The lowest BCUT2D eigenvalue weighted by Gasteiger charge is -2.14. The Hall–Kier alpha value is -0.890. The summed E-state index contributed by atoms with van der Waals surface area (Å²) in [6, 6.07) is 4.21. The minimum Gasteiger partial charge on any atom is -0.301 e. The lowest BCUT2D eigenvalue weighted by atomic mass is 10.2. The molecule has 1 heterocycles. The molecule has 0 aliphatic rings. The molecule has 0 bridgehead atoms. The van der Waals surface area contributed by atoms with Crippen LogP contribution in [-0.2, 0) is 6.54 Å². The molecule has 0 aromatic carbocycles. The average Bonchev–Trinajstić information content (AvgIpc) is 2.09. The summed E-state index contributed by atoms with van der Waals surface area (Å²) in [6.07, 6.45) is 3.12.